The Kier molecular flexibility index (Phi) is 6.95. The van der Waals surface area contributed by atoms with Crippen LogP contribution in [0.4, 0.5) is 13.6 Å². The average molecular weight is 400 g/mol. The summed E-state index contributed by atoms with van der Waals surface area (Å²) >= 11 is 0. The van der Waals surface area contributed by atoms with Crippen LogP contribution in [0.25, 0.3) is 0 Å². The first-order valence-electron chi connectivity index (χ1n) is 9.06. The predicted molar refractivity (Wildman–Crippen MR) is 96.3 cm³/mol. The topological polar surface area (TPSA) is 99.1 Å². The maximum Gasteiger partial charge on any atom is 0.411 e. The van der Waals surface area contributed by atoms with Gasteiger partial charge in [0.25, 0.3) is 0 Å². The molecule has 28 heavy (non-hydrogen) atoms. The summed E-state index contributed by atoms with van der Waals surface area (Å²) in [6.07, 6.45) is -1.30. The lowest BCUT2D eigenvalue weighted by Crippen LogP contribution is -2.68. The number of hydrogen-bond donors (Lipinski definition) is 3. The first-order chi connectivity index (χ1) is 13.0. The molecule has 9 heteroatoms. The van der Waals surface area contributed by atoms with E-state index in [0.717, 1.165) is 17.0 Å². The SMILES string of the molecule is CC(C)(C)OC(=O)N1CC(O)C1C(=O)NC(CCCO)c1cc(F)cc(F)c1. The maximum atomic E-state index is 13.6. The van der Waals surface area contributed by atoms with Gasteiger partial charge in [0.15, 0.2) is 0 Å². The number of likely N-dealkylation sites (tertiary alicyclic amines) is 1. The zero-order valence-electron chi connectivity index (χ0n) is 16.1. The molecule has 3 unspecified atom stereocenters. The maximum absolute atomic E-state index is 13.6. The molecule has 3 atom stereocenters. The van der Waals surface area contributed by atoms with Gasteiger partial charge in [-0.25, -0.2) is 13.6 Å². The number of aliphatic hydroxyl groups excluding tert-OH is 2. The third kappa shape index (κ3) is 5.62. The van der Waals surface area contributed by atoms with Crippen molar-refractivity contribution in [2.45, 2.75) is 57.4 Å². The zero-order chi connectivity index (χ0) is 21.1. The predicted octanol–water partition coefficient (Wildman–Crippen LogP) is 1.87. The molecule has 2 rings (SSSR count). The van der Waals surface area contributed by atoms with Gasteiger partial charge in [0, 0.05) is 12.7 Å². The van der Waals surface area contributed by atoms with Crippen molar-refractivity contribution in [3.8, 4) is 0 Å². The lowest BCUT2D eigenvalue weighted by Gasteiger charge is -2.44. The Hall–Kier alpha value is -2.26. The number of halogens is 2. The van der Waals surface area contributed by atoms with Crippen molar-refractivity contribution in [2.24, 2.45) is 0 Å². The molecule has 0 spiro atoms. The summed E-state index contributed by atoms with van der Waals surface area (Å²) < 4.78 is 32.3. The first kappa shape index (κ1) is 22.0. The average Bonchev–Trinajstić information content (AvgIpc) is 2.53. The van der Waals surface area contributed by atoms with E-state index in [1.807, 2.05) is 0 Å². The second-order valence-corrected chi connectivity index (χ2v) is 7.77. The lowest BCUT2D eigenvalue weighted by atomic mass is 9.96. The van der Waals surface area contributed by atoms with Crippen LogP contribution in [0.5, 0.6) is 0 Å². The Morgan fingerprint density at radius 2 is 1.89 bits per heavy atom. The van der Waals surface area contributed by atoms with Crippen molar-refractivity contribution in [1.82, 2.24) is 10.2 Å². The minimum atomic E-state index is -1.16. The fourth-order valence-corrected chi connectivity index (χ4v) is 2.96. The number of amides is 2. The van der Waals surface area contributed by atoms with Gasteiger partial charge in [-0.2, -0.15) is 0 Å². The fourth-order valence-electron chi connectivity index (χ4n) is 2.96. The van der Waals surface area contributed by atoms with E-state index in [1.165, 1.54) is 0 Å². The van der Waals surface area contributed by atoms with Gasteiger partial charge < -0.3 is 20.3 Å². The number of ether oxygens (including phenoxy) is 1. The van der Waals surface area contributed by atoms with Gasteiger partial charge in [-0.15, -0.1) is 0 Å². The third-order valence-corrected chi connectivity index (χ3v) is 4.24. The second kappa shape index (κ2) is 8.83. The van der Waals surface area contributed by atoms with Gasteiger partial charge in [-0.05, 0) is 51.3 Å². The molecule has 0 aromatic heterocycles. The number of carbonyl (C=O) groups excluding carboxylic acids is 2. The number of nitrogens with zero attached hydrogens (tertiary/aromatic N) is 1. The summed E-state index contributed by atoms with van der Waals surface area (Å²) in [5.74, 6) is -2.26. The Morgan fingerprint density at radius 3 is 2.39 bits per heavy atom. The molecule has 7 nitrogen and oxygen atoms in total. The zero-order valence-corrected chi connectivity index (χ0v) is 16.1. The molecule has 0 radical (unpaired) electrons. The van der Waals surface area contributed by atoms with E-state index in [9.17, 15) is 23.5 Å². The summed E-state index contributed by atoms with van der Waals surface area (Å²) in [6, 6.07) is 0.944. The molecule has 2 amide bonds. The van der Waals surface area contributed by atoms with Gasteiger partial charge in [0.05, 0.1) is 12.6 Å². The lowest BCUT2D eigenvalue weighted by molar-refractivity contribution is -0.142. The van der Waals surface area contributed by atoms with Crippen molar-refractivity contribution in [2.75, 3.05) is 13.2 Å². The molecule has 0 aliphatic carbocycles. The number of aliphatic hydroxyl groups is 2. The van der Waals surface area contributed by atoms with Gasteiger partial charge in [0.1, 0.15) is 29.4 Å². The van der Waals surface area contributed by atoms with Crippen LogP contribution in [-0.4, -0.2) is 58.0 Å². The molecule has 1 aliphatic heterocycles. The Labute approximate surface area is 162 Å². The molecular formula is C19H26F2N2O5. The fraction of sp³-hybridized carbons (Fsp3) is 0.579. The molecule has 3 N–H and O–H groups in total. The van der Waals surface area contributed by atoms with E-state index in [4.69, 9.17) is 9.84 Å². The molecule has 1 fully saturated rings. The Bertz CT molecular complexity index is 703. The summed E-state index contributed by atoms with van der Waals surface area (Å²) in [4.78, 5) is 26.0. The van der Waals surface area contributed by atoms with E-state index >= 15 is 0 Å². The summed E-state index contributed by atoms with van der Waals surface area (Å²) in [5.41, 5.74) is -0.571. The molecule has 156 valence electrons. The van der Waals surface area contributed by atoms with Crippen LogP contribution in [0, 0.1) is 11.6 Å². The number of hydrogen-bond acceptors (Lipinski definition) is 5. The summed E-state index contributed by atoms with van der Waals surface area (Å²) in [6.45, 7) is 4.82. The number of rotatable bonds is 6. The van der Waals surface area contributed by atoms with Gasteiger partial charge in [-0.3, -0.25) is 9.69 Å². The van der Waals surface area contributed by atoms with E-state index in [1.54, 1.807) is 20.8 Å². The van der Waals surface area contributed by atoms with Crippen LogP contribution in [0.1, 0.15) is 45.2 Å². The van der Waals surface area contributed by atoms with Crippen LogP contribution in [-0.2, 0) is 9.53 Å². The molecule has 1 heterocycles. The van der Waals surface area contributed by atoms with Crippen molar-refractivity contribution in [3.63, 3.8) is 0 Å². The number of nitrogens with one attached hydrogen (secondary N) is 1. The van der Waals surface area contributed by atoms with Gasteiger partial charge in [-0.1, -0.05) is 0 Å². The molecule has 1 saturated heterocycles. The molecular weight excluding hydrogens is 374 g/mol. The second-order valence-electron chi connectivity index (χ2n) is 7.77. The van der Waals surface area contributed by atoms with E-state index < -0.39 is 47.4 Å². The number of benzene rings is 1. The Balaban J connectivity index is 2.14. The molecule has 1 aliphatic rings. The molecule has 1 aromatic carbocycles. The monoisotopic (exact) mass is 400 g/mol. The highest BCUT2D eigenvalue weighted by Crippen LogP contribution is 2.25. The van der Waals surface area contributed by atoms with E-state index in [2.05, 4.69) is 5.32 Å². The van der Waals surface area contributed by atoms with Crippen molar-refractivity contribution in [1.29, 1.82) is 0 Å². The van der Waals surface area contributed by atoms with Crippen molar-refractivity contribution in [3.05, 3.63) is 35.4 Å². The number of carbonyl (C=O) groups is 2. The minimum Gasteiger partial charge on any atom is -0.444 e. The third-order valence-electron chi connectivity index (χ3n) is 4.24. The van der Waals surface area contributed by atoms with E-state index in [0.29, 0.717) is 6.07 Å². The Morgan fingerprint density at radius 1 is 1.29 bits per heavy atom. The van der Waals surface area contributed by atoms with E-state index in [-0.39, 0.29) is 31.6 Å². The van der Waals surface area contributed by atoms with Crippen molar-refractivity contribution >= 4 is 12.0 Å². The highest BCUT2D eigenvalue weighted by molar-refractivity contribution is 5.88. The largest absolute Gasteiger partial charge is 0.444 e. The normalized spacial score (nSPS) is 20.3. The van der Waals surface area contributed by atoms with Crippen LogP contribution < -0.4 is 5.32 Å². The van der Waals surface area contributed by atoms with Crippen LogP contribution in [0.15, 0.2) is 18.2 Å². The molecule has 0 bridgehead atoms. The van der Waals surface area contributed by atoms with Gasteiger partial charge >= 0.3 is 6.09 Å². The highest BCUT2D eigenvalue weighted by atomic mass is 19.1. The van der Waals surface area contributed by atoms with Gasteiger partial charge in [0.2, 0.25) is 5.91 Å². The van der Waals surface area contributed by atoms with Crippen LogP contribution in [0.3, 0.4) is 0 Å². The van der Waals surface area contributed by atoms with Crippen molar-refractivity contribution < 1.29 is 33.3 Å². The summed E-state index contributed by atoms with van der Waals surface area (Å²) in [7, 11) is 0. The number of β-amino-alcohol motifs (C(OH)–C–C–N with tert-alkyl or cyclic N) is 1. The first-order valence-corrected chi connectivity index (χ1v) is 9.06. The quantitative estimate of drug-likeness (QED) is 0.677. The smallest absolute Gasteiger partial charge is 0.411 e. The minimum absolute atomic E-state index is 0.0527. The standard InChI is InChI=1S/C19H26F2N2O5/c1-19(2,3)28-18(27)23-10-15(25)16(23)17(26)22-14(5-4-6-24)11-7-12(20)9-13(21)8-11/h7-9,14-16,24-25H,4-6,10H2,1-3H3,(H,22,26). The molecule has 0 saturated carbocycles. The highest BCUT2D eigenvalue weighted by Gasteiger charge is 2.47. The van der Waals surface area contributed by atoms with Crippen LogP contribution >= 0.6 is 0 Å². The molecule has 1 aromatic rings. The summed E-state index contributed by atoms with van der Waals surface area (Å²) in [5, 5.41) is 21.6. The van der Waals surface area contributed by atoms with Crippen LogP contribution in [0.2, 0.25) is 0 Å².